The van der Waals surface area contributed by atoms with Gasteiger partial charge in [-0.3, -0.25) is 9.69 Å². The van der Waals surface area contributed by atoms with Crippen LogP contribution in [0.1, 0.15) is 43.0 Å². The number of nitrogens with zero attached hydrogens (tertiary/aromatic N) is 4. The van der Waals surface area contributed by atoms with Crippen LogP contribution in [-0.4, -0.2) is 58.5 Å². The maximum atomic E-state index is 11.6. The molecule has 0 atom stereocenters. The summed E-state index contributed by atoms with van der Waals surface area (Å²) in [7, 11) is 0. The first-order valence-electron chi connectivity index (χ1n) is 10.8. The highest BCUT2D eigenvalue weighted by Crippen LogP contribution is 2.41. The topological polar surface area (TPSA) is 99.4 Å². The molecular formula is C22H29N7O. The average Bonchev–Trinajstić information content (AvgIpc) is 3.68. The van der Waals surface area contributed by atoms with Gasteiger partial charge in [0, 0.05) is 55.3 Å². The fraction of sp³-hybridized carbons (Fsp3) is 0.500. The number of piperazine rings is 1. The van der Waals surface area contributed by atoms with Crippen molar-refractivity contribution in [3.05, 3.63) is 36.0 Å². The van der Waals surface area contributed by atoms with Crippen molar-refractivity contribution in [2.45, 2.75) is 44.2 Å². The number of benzene rings is 1. The van der Waals surface area contributed by atoms with E-state index in [1.54, 1.807) is 0 Å². The Morgan fingerprint density at radius 2 is 1.83 bits per heavy atom. The highest BCUT2D eigenvalue weighted by molar-refractivity contribution is 5.97. The van der Waals surface area contributed by atoms with Gasteiger partial charge in [0.2, 0.25) is 5.95 Å². The summed E-state index contributed by atoms with van der Waals surface area (Å²) in [5, 5.41) is 6.49. The molecule has 30 heavy (non-hydrogen) atoms. The Labute approximate surface area is 176 Å². The van der Waals surface area contributed by atoms with Crippen molar-refractivity contribution in [2.24, 2.45) is 5.73 Å². The maximum Gasteiger partial charge on any atom is 0.254 e. The summed E-state index contributed by atoms with van der Waals surface area (Å²) in [6.07, 6.45) is 6.33. The molecule has 4 N–H and O–H groups in total. The first kappa shape index (κ1) is 19.1. The van der Waals surface area contributed by atoms with Crippen LogP contribution in [0, 0.1) is 0 Å². The van der Waals surface area contributed by atoms with E-state index in [-0.39, 0.29) is 0 Å². The van der Waals surface area contributed by atoms with E-state index in [1.807, 2.05) is 12.1 Å². The first-order valence-corrected chi connectivity index (χ1v) is 10.8. The average molecular weight is 408 g/mol. The molecule has 1 aromatic carbocycles. The van der Waals surface area contributed by atoms with Gasteiger partial charge in [-0.15, -0.1) is 0 Å². The van der Waals surface area contributed by atoms with Crippen LogP contribution in [0.4, 0.5) is 23.1 Å². The normalized spacial score (nSPS) is 20.6. The number of aromatic nitrogens is 2. The number of anilines is 4. The number of nitrogens with two attached hydrogens (primary N) is 1. The molecular weight excluding hydrogens is 378 g/mol. The standard InChI is InChI=1S/C22H29N7O/c1-22(8-9-22)29-12-10-28(11-13-29)17-6-4-16(5-7-17)26-21-24-14-18(19(23)30)20(27-21)25-15-2-3-15/h4-7,14-15H,2-3,8-13H2,1H3,(H2,23,30)(H2,24,25,26,27). The minimum Gasteiger partial charge on any atom is -0.369 e. The van der Waals surface area contributed by atoms with E-state index in [9.17, 15) is 4.79 Å². The molecule has 2 heterocycles. The Morgan fingerprint density at radius 3 is 2.43 bits per heavy atom. The van der Waals surface area contributed by atoms with E-state index in [4.69, 9.17) is 5.73 Å². The molecule has 2 saturated carbocycles. The highest BCUT2D eigenvalue weighted by atomic mass is 16.1. The summed E-state index contributed by atoms with van der Waals surface area (Å²) in [5.74, 6) is 0.424. The lowest BCUT2D eigenvalue weighted by Crippen LogP contribution is -2.50. The lowest BCUT2D eigenvalue weighted by atomic mass is 10.2. The predicted molar refractivity (Wildman–Crippen MR) is 118 cm³/mol. The van der Waals surface area contributed by atoms with Gasteiger partial charge in [-0.1, -0.05) is 0 Å². The van der Waals surface area contributed by atoms with Gasteiger partial charge in [-0.05, 0) is 56.9 Å². The third-order valence-electron chi connectivity index (χ3n) is 6.48. The quantitative estimate of drug-likeness (QED) is 0.649. The molecule has 1 aromatic heterocycles. The van der Waals surface area contributed by atoms with Gasteiger partial charge in [0.1, 0.15) is 5.82 Å². The summed E-state index contributed by atoms with van der Waals surface area (Å²) in [6, 6.07) is 8.73. The molecule has 158 valence electrons. The Bertz CT molecular complexity index is 929. The van der Waals surface area contributed by atoms with Crippen LogP contribution in [0.2, 0.25) is 0 Å². The molecule has 2 aliphatic carbocycles. The van der Waals surface area contributed by atoms with Gasteiger partial charge in [0.15, 0.2) is 0 Å². The van der Waals surface area contributed by atoms with Crippen LogP contribution in [0.25, 0.3) is 0 Å². The molecule has 0 spiro atoms. The molecule has 8 heteroatoms. The molecule has 5 rings (SSSR count). The molecule has 3 fully saturated rings. The van der Waals surface area contributed by atoms with Gasteiger partial charge in [-0.25, -0.2) is 4.98 Å². The number of hydrogen-bond donors (Lipinski definition) is 3. The molecule has 3 aliphatic rings. The largest absolute Gasteiger partial charge is 0.369 e. The number of rotatable bonds is 7. The summed E-state index contributed by atoms with van der Waals surface area (Å²) in [6.45, 7) is 6.78. The predicted octanol–water partition coefficient (Wildman–Crippen LogP) is 2.57. The van der Waals surface area contributed by atoms with E-state index in [0.29, 0.717) is 28.9 Å². The molecule has 0 radical (unpaired) electrons. The minimum absolute atomic E-state index is 0.321. The SMILES string of the molecule is CC1(N2CCN(c3ccc(Nc4ncc(C(N)=O)c(NC5CC5)n4)cc3)CC2)CC1. The van der Waals surface area contributed by atoms with Crippen molar-refractivity contribution in [2.75, 3.05) is 41.7 Å². The molecule has 1 saturated heterocycles. The summed E-state index contributed by atoms with van der Waals surface area (Å²) >= 11 is 0. The highest BCUT2D eigenvalue weighted by Gasteiger charge is 2.43. The lowest BCUT2D eigenvalue weighted by molar-refractivity contribution is 0.100. The third kappa shape index (κ3) is 4.05. The second-order valence-electron chi connectivity index (χ2n) is 8.88. The Kier molecular flexibility index (Phi) is 4.73. The van der Waals surface area contributed by atoms with Gasteiger partial charge >= 0.3 is 0 Å². The summed E-state index contributed by atoms with van der Waals surface area (Å²) in [5.41, 5.74) is 8.39. The van der Waals surface area contributed by atoms with E-state index in [1.165, 1.54) is 24.7 Å². The van der Waals surface area contributed by atoms with Crippen LogP contribution >= 0.6 is 0 Å². The molecule has 0 bridgehead atoms. The molecule has 1 aliphatic heterocycles. The fourth-order valence-electron chi connectivity index (χ4n) is 4.04. The number of hydrogen-bond acceptors (Lipinski definition) is 7. The Balaban J connectivity index is 1.23. The number of amides is 1. The monoisotopic (exact) mass is 407 g/mol. The van der Waals surface area contributed by atoms with E-state index >= 15 is 0 Å². The van der Waals surface area contributed by atoms with Gasteiger partial charge in [0.25, 0.3) is 5.91 Å². The smallest absolute Gasteiger partial charge is 0.254 e. The summed E-state index contributed by atoms with van der Waals surface area (Å²) in [4.78, 5) is 25.4. The van der Waals surface area contributed by atoms with Crippen molar-refractivity contribution < 1.29 is 4.79 Å². The van der Waals surface area contributed by atoms with Crippen LogP contribution < -0.4 is 21.3 Å². The Hall–Kier alpha value is -2.87. The molecule has 1 amide bonds. The van der Waals surface area contributed by atoms with Crippen molar-refractivity contribution >= 4 is 29.0 Å². The van der Waals surface area contributed by atoms with Crippen LogP contribution in [0.3, 0.4) is 0 Å². The van der Waals surface area contributed by atoms with E-state index in [2.05, 4.69) is 49.5 Å². The van der Waals surface area contributed by atoms with Crippen molar-refractivity contribution in [1.82, 2.24) is 14.9 Å². The molecule has 2 aromatic rings. The van der Waals surface area contributed by atoms with Crippen LogP contribution in [0.5, 0.6) is 0 Å². The second kappa shape index (κ2) is 7.43. The van der Waals surface area contributed by atoms with Gasteiger partial charge < -0.3 is 21.3 Å². The van der Waals surface area contributed by atoms with Gasteiger partial charge in [0.05, 0.1) is 5.56 Å². The lowest BCUT2D eigenvalue weighted by Gasteiger charge is -2.39. The summed E-state index contributed by atoms with van der Waals surface area (Å²) < 4.78 is 0. The van der Waals surface area contributed by atoms with Gasteiger partial charge in [-0.2, -0.15) is 4.98 Å². The number of carbonyl (C=O) groups is 1. The van der Waals surface area contributed by atoms with E-state index in [0.717, 1.165) is 44.7 Å². The number of carbonyl (C=O) groups excluding carboxylic acids is 1. The van der Waals surface area contributed by atoms with Crippen molar-refractivity contribution in [3.63, 3.8) is 0 Å². The maximum absolute atomic E-state index is 11.6. The van der Waals surface area contributed by atoms with Crippen molar-refractivity contribution in [3.8, 4) is 0 Å². The minimum atomic E-state index is -0.523. The van der Waals surface area contributed by atoms with Crippen LogP contribution in [0.15, 0.2) is 30.5 Å². The number of primary amides is 1. The van der Waals surface area contributed by atoms with Crippen molar-refractivity contribution in [1.29, 1.82) is 0 Å². The first-order chi connectivity index (χ1) is 14.5. The zero-order valence-corrected chi connectivity index (χ0v) is 17.4. The van der Waals surface area contributed by atoms with Crippen LogP contribution in [-0.2, 0) is 0 Å². The van der Waals surface area contributed by atoms with E-state index < -0.39 is 5.91 Å². The zero-order valence-electron chi connectivity index (χ0n) is 17.4. The third-order valence-corrected chi connectivity index (χ3v) is 6.48. The number of nitrogens with one attached hydrogen (secondary N) is 2. The second-order valence-corrected chi connectivity index (χ2v) is 8.88. The molecule has 0 unspecified atom stereocenters. The molecule has 8 nitrogen and oxygen atoms in total. The fourth-order valence-corrected chi connectivity index (χ4v) is 4.04. The Morgan fingerprint density at radius 1 is 1.13 bits per heavy atom. The zero-order chi connectivity index (χ0) is 20.7.